The minimum Gasteiger partial charge on any atom is -0.481 e. The Morgan fingerprint density at radius 1 is 1.12 bits per heavy atom. The normalized spacial score (nSPS) is 15.7. The van der Waals surface area contributed by atoms with Crippen LogP contribution in [0.4, 0.5) is 0 Å². The highest BCUT2D eigenvalue weighted by molar-refractivity contribution is 5.81. The highest BCUT2D eigenvalue weighted by atomic mass is 16.5. The van der Waals surface area contributed by atoms with Crippen LogP contribution in [-0.2, 0) is 17.6 Å². The quantitative estimate of drug-likeness (QED) is 0.803. The second kappa shape index (κ2) is 8.39. The van der Waals surface area contributed by atoms with Gasteiger partial charge in [0.25, 0.3) is 5.91 Å². The molecule has 0 fully saturated rings. The van der Waals surface area contributed by atoms with Gasteiger partial charge in [0.2, 0.25) is 0 Å². The van der Waals surface area contributed by atoms with Crippen molar-refractivity contribution < 1.29 is 9.53 Å². The van der Waals surface area contributed by atoms with E-state index in [9.17, 15) is 4.79 Å². The molecule has 0 radical (unpaired) electrons. The van der Waals surface area contributed by atoms with E-state index < -0.39 is 6.10 Å². The van der Waals surface area contributed by atoms with E-state index in [1.54, 1.807) is 0 Å². The van der Waals surface area contributed by atoms with Crippen LogP contribution in [0.2, 0.25) is 0 Å². The maximum atomic E-state index is 12.7. The van der Waals surface area contributed by atoms with Gasteiger partial charge in [0.15, 0.2) is 6.10 Å². The molecule has 0 saturated heterocycles. The summed E-state index contributed by atoms with van der Waals surface area (Å²) in [6.45, 7) is 5.99. The molecular formula is C23H29NO2. The zero-order valence-corrected chi connectivity index (χ0v) is 16.0. The van der Waals surface area contributed by atoms with Gasteiger partial charge in [-0.05, 0) is 68.7 Å². The molecule has 2 atom stereocenters. The summed E-state index contributed by atoms with van der Waals surface area (Å²) < 4.78 is 6.06. The van der Waals surface area contributed by atoms with Gasteiger partial charge in [0.05, 0.1) is 6.04 Å². The number of fused-ring (bicyclic) bond motifs is 1. The molecule has 2 aromatic carbocycles. The molecular weight excluding hydrogens is 322 g/mol. The zero-order valence-electron chi connectivity index (χ0n) is 16.0. The molecule has 1 aliphatic carbocycles. The SMILES string of the molecule is CC[C@H](NC(=O)[C@H](C)Oc1cccc2c1CCCC2)c1ccc(C)cc1. The zero-order chi connectivity index (χ0) is 18.5. The third-order valence-electron chi connectivity index (χ3n) is 5.23. The average Bonchev–Trinajstić information content (AvgIpc) is 2.67. The first-order valence-corrected chi connectivity index (χ1v) is 9.73. The summed E-state index contributed by atoms with van der Waals surface area (Å²) in [6.07, 6.45) is 4.92. The third-order valence-corrected chi connectivity index (χ3v) is 5.23. The van der Waals surface area contributed by atoms with E-state index in [-0.39, 0.29) is 11.9 Å². The Bertz CT molecular complexity index is 751. The molecule has 0 heterocycles. The lowest BCUT2D eigenvalue weighted by Crippen LogP contribution is -2.38. The number of amides is 1. The highest BCUT2D eigenvalue weighted by Gasteiger charge is 2.21. The minimum absolute atomic E-state index is 0.0128. The number of benzene rings is 2. The predicted molar refractivity (Wildman–Crippen MR) is 106 cm³/mol. The highest BCUT2D eigenvalue weighted by Crippen LogP contribution is 2.30. The van der Waals surface area contributed by atoms with Gasteiger partial charge in [-0.15, -0.1) is 0 Å². The minimum atomic E-state index is -0.511. The number of hydrogen-bond donors (Lipinski definition) is 1. The summed E-state index contributed by atoms with van der Waals surface area (Å²) in [5, 5.41) is 3.14. The van der Waals surface area contributed by atoms with E-state index in [4.69, 9.17) is 4.74 Å². The van der Waals surface area contributed by atoms with Crippen LogP contribution in [0.3, 0.4) is 0 Å². The molecule has 0 spiro atoms. The third kappa shape index (κ3) is 4.27. The molecule has 1 N–H and O–H groups in total. The van der Waals surface area contributed by atoms with Crippen molar-refractivity contribution in [1.29, 1.82) is 0 Å². The van der Waals surface area contributed by atoms with Gasteiger partial charge in [-0.25, -0.2) is 0 Å². The van der Waals surface area contributed by atoms with Crippen LogP contribution in [0.15, 0.2) is 42.5 Å². The molecule has 0 bridgehead atoms. The lowest BCUT2D eigenvalue weighted by Gasteiger charge is -2.24. The first-order chi connectivity index (χ1) is 12.6. The van der Waals surface area contributed by atoms with Crippen LogP contribution < -0.4 is 10.1 Å². The van der Waals surface area contributed by atoms with E-state index in [1.807, 2.05) is 19.1 Å². The summed E-state index contributed by atoms with van der Waals surface area (Å²) in [4.78, 5) is 12.7. The largest absolute Gasteiger partial charge is 0.481 e. The summed E-state index contributed by atoms with van der Waals surface area (Å²) in [7, 11) is 0. The second-order valence-corrected chi connectivity index (χ2v) is 7.24. The molecule has 0 unspecified atom stereocenters. The van der Waals surface area contributed by atoms with Gasteiger partial charge in [-0.1, -0.05) is 48.9 Å². The summed E-state index contributed by atoms with van der Waals surface area (Å²) in [5.41, 5.74) is 5.01. The number of nitrogens with one attached hydrogen (secondary N) is 1. The first-order valence-electron chi connectivity index (χ1n) is 9.73. The van der Waals surface area contributed by atoms with Crippen LogP contribution in [0.25, 0.3) is 0 Å². The Kier molecular flexibility index (Phi) is 5.97. The second-order valence-electron chi connectivity index (χ2n) is 7.24. The van der Waals surface area contributed by atoms with Crippen molar-refractivity contribution in [3.05, 3.63) is 64.7 Å². The first kappa shape index (κ1) is 18.5. The number of aryl methyl sites for hydroxylation is 2. The van der Waals surface area contributed by atoms with E-state index >= 15 is 0 Å². The van der Waals surface area contributed by atoms with Gasteiger partial charge in [-0.2, -0.15) is 0 Å². The van der Waals surface area contributed by atoms with Crippen LogP contribution >= 0.6 is 0 Å². The Morgan fingerprint density at radius 3 is 2.58 bits per heavy atom. The average molecular weight is 351 g/mol. The van der Waals surface area contributed by atoms with Crippen molar-refractivity contribution in [3.63, 3.8) is 0 Å². The van der Waals surface area contributed by atoms with Crippen LogP contribution in [0.5, 0.6) is 5.75 Å². The van der Waals surface area contributed by atoms with Gasteiger partial charge in [0, 0.05) is 0 Å². The number of carbonyl (C=O) groups excluding carboxylic acids is 1. The van der Waals surface area contributed by atoms with E-state index in [0.717, 1.165) is 30.6 Å². The summed E-state index contributed by atoms with van der Waals surface area (Å²) in [5.74, 6) is 0.805. The number of hydrogen-bond acceptors (Lipinski definition) is 2. The van der Waals surface area contributed by atoms with Crippen molar-refractivity contribution in [1.82, 2.24) is 5.32 Å². The van der Waals surface area contributed by atoms with E-state index in [1.165, 1.54) is 29.5 Å². The summed E-state index contributed by atoms with van der Waals surface area (Å²) >= 11 is 0. The molecule has 0 saturated carbocycles. The molecule has 138 valence electrons. The lowest BCUT2D eigenvalue weighted by molar-refractivity contribution is -0.128. The van der Waals surface area contributed by atoms with Gasteiger partial charge in [0.1, 0.15) is 5.75 Å². The van der Waals surface area contributed by atoms with Gasteiger partial charge < -0.3 is 10.1 Å². The smallest absolute Gasteiger partial charge is 0.261 e. The van der Waals surface area contributed by atoms with Gasteiger partial charge in [-0.3, -0.25) is 4.79 Å². The van der Waals surface area contributed by atoms with E-state index in [0.29, 0.717) is 0 Å². The number of carbonyl (C=O) groups is 1. The van der Waals surface area contributed by atoms with Crippen LogP contribution in [-0.4, -0.2) is 12.0 Å². The van der Waals surface area contributed by atoms with E-state index in [2.05, 4.69) is 49.5 Å². The molecule has 1 aliphatic rings. The molecule has 26 heavy (non-hydrogen) atoms. The Labute approximate surface area is 156 Å². The molecule has 1 amide bonds. The fraction of sp³-hybridized carbons (Fsp3) is 0.435. The monoisotopic (exact) mass is 351 g/mol. The molecule has 0 aromatic heterocycles. The Balaban J connectivity index is 1.67. The van der Waals surface area contributed by atoms with Crippen molar-refractivity contribution in [2.45, 2.75) is 65.0 Å². The standard InChI is InChI=1S/C23H29NO2/c1-4-21(19-14-12-16(2)13-15-19)24-23(25)17(3)26-22-11-7-9-18-8-5-6-10-20(18)22/h7,9,11-15,17,21H,4-6,8,10H2,1-3H3,(H,24,25)/t17-,21-/m0/s1. The van der Waals surface area contributed by atoms with Gasteiger partial charge >= 0.3 is 0 Å². The fourth-order valence-corrected chi connectivity index (χ4v) is 3.61. The van der Waals surface area contributed by atoms with Crippen molar-refractivity contribution in [2.75, 3.05) is 0 Å². The number of ether oxygens (including phenoxy) is 1. The molecule has 3 rings (SSSR count). The maximum Gasteiger partial charge on any atom is 0.261 e. The van der Waals surface area contributed by atoms with Crippen molar-refractivity contribution in [3.8, 4) is 5.75 Å². The molecule has 0 aliphatic heterocycles. The molecule has 3 heteroatoms. The Morgan fingerprint density at radius 2 is 1.85 bits per heavy atom. The molecule has 2 aromatic rings. The summed E-state index contributed by atoms with van der Waals surface area (Å²) in [6, 6.07) is 14.6. The lowest BCUT2D eigenvalue weighted by atomic mass is 9.91. The fourth-order valence-electron chi connectivity index (χ4n) is 3.61. The van der Waals surface area contributed by atoms with Crippen molar-refractivity contribution >= 4 is 5.91 Å². The predicted octanol–water partition coefficient (Wildman–Crippen LogP) is 4.91. The molecule has 3 nitrogen and oxygen atoms in total. The maximum absolute atomic E-state index is 12.7. The van der Waals surface area contributed by atoms with Crippen LogP contribution in [0.1, 0.15) is 61.4 Å². The Hall–Kier alpha value is -2.29. The van der Waals surface area contributed by atoms with Crippen LogP contribution in [0, 0.1) is 6.92 Å². The topological polar surface area (TPSA) is 38.3 Å². The number of rotatable bonds is 6. The van der Waals surface area contributed by atoms with Crippen molar-refractivity contribution in [2.24, 2.45) is 0 Å².